The zero-order valence-corrected chi connectivity index (χ0v) is 43.3. The summed E-state index contributed by atoms with van der Waals surface area (Å²) in [5.41, 5.74) is 0.00658. The average Bonchev–Trinajstić information content (AvgIpc) is 3.38. The summed E-state index contributed by atoms with van der Waals surface area (Å²) in [5.74, 6) is -0.451. The zero-order chi connectivity index (χ0) is 52.0. The number of hydrogen-bond donors (Lipinski definition) is 14. The molecule has 27 heteroatoms. The van der Waals surface area contributed by atoms with Crippen LogP contribution in [0, 0.1) is 0 Å². The predicted molar refractivity (Wildman–Crippen MR) is 248 cm³/mol. The molecule has 4 saturated heterocycles. The Kier molecular flexibility index (Phi) is 21.9. The number of aliphatic hydroxyl groups is 14. The molecule has 0 unspecified atom stereocenters. The van der Waals surface area contributed by atoms with Crippen molar-refractivity contribution in [3.63, 3.8) is 0 Å². The van der Waals surface area contributed by atoms with Gasteiger partial charge in [-0.2, -0.15) is 0 Å². The normalized spacial score (nSPS) is 37.1. The molecule has 0 bridgehead atoms. The van der Waals surface area contributed by atoms with Crippen molar-refractivity contribution in [1.29, 1.82) is 0 Å². The molecule has 4 aliphatic rings. The van der Waals surface area contributed by atoms with Gasteiger partial charge in [0, 0.05) is 23.9 Å². The number of nitrogens with zero attached hydrogens (tertiary/aromatic N) is 2. The number of aliphatic imine (C=N–C) groups is 2. The minimum absolute atomic E-state index is 0. The number of benzene rings is 3. The third-order valence-corrected chi connectivity index (χ3v) is 14.9. The van der Waals surface area contributed by atoms with Gasteiger partial charge in [0.2, 0.25) is 0 Å². The maximum Gasteiger partial charge on any atom is 2.00 e. The SMILES string of the molecule is [O-]c1ccc(CS[C@@H]2O[C@H](CO)[C@@H](O[C@@H]3O[C@H](CO)[C@H](O)[C@H](O)[C@H]3O)[C@H](O)[C@H]2O)cc1C=Nc1ccccc1N=Cc1cc(CS[C@@H]2O[C@H](CO)[C@@H](O[C@@H]3O[C@H](CO)[C@H](O)[C@H](O)[C@H]3O)[C@H](O)[C@H]2O)ccc1[O-].[Zn+2]. The van der Waals surface area contributed by atoms with Crippen LogP contribution < -0.4 is 10.2 Å². The molecule has 3 aromatic carbocycles. The molecule has 0 saturated carbocycles. The van der Waals surface area contributed by atoms with Crippen molar-refractivity contribution in [2.45, 2.75) is 133 Å². The van der Waals surface area contributed by atoms with Crippen LogP contribution in [-0.2, 0) is 59.4 Å². The summed E-state index contributed by atoms with van der Waals surface area (Å²) in [4.78, 5) is 8.99. The van der Waals surface area contributed by atoms with E-state index in [1.54, 1.807) is 48.5 Å². The maximum absolute atomic E-state index is 12.9. The van der Waals surface area contributed by atoms with Gasteiger partial charge in [0.15, 0.2) is 12.6 Å². The second-order valence-electron chi connectivity index (χ2n) is 17.4. The monoisotopic (exact) mass is 1120 g/mol. The molecule has 0 spiro atoms. The van der Waals surface area contributed by atoms with Crippen LogP contribution in [0.2, 0.25) is 0 Å². The minimum atomic E-state index is -1.81. The molecule has 24 nitrogen and oxygen atoms in total. The van der Waals surface area contributed by atoms with Gasteiger partial charge in [0.25, 0.3) is 0 Å². The minimum Gasteiger partial charge on any atom is -0.872 e. The summed E-state index contributed by atoms with van der Waals surface area (Å²) in [7, 11) is 0. The summed E-state index contributed by atoms with van der Waals surface area (Å²) < 4.78 is 33.7. The van der Waals surface area contributed by atoms with E-state index in [9.17, 15) is 81.7 Å². The fraction of sp³-hybridized carbons (Fsp3) is 0.565. The van der Waals surface area contributed by atoms with E-state index in [-0.39, 0.29) is 53.6 Å². The number of thioether (sulfide) groups is 2. The van der Waals surface area contributed by atoms with Gasteiger partial charge in [-0.05, 0) is 46.5 Å². The van der Waals surface area contributed by atoms with Gasteiger partial charge in [0.05, 0.1) is 37.8 Å². The zero-order valence-electron chi connectivity index (χ0n) is 38.7. The predicted octanol–water partition coefficient (Wildman–Crippen LogP) is -4.95. The smallest absolute Gasteiger partial charge is 0.872 e. The number of aliphatic hydroxyl groups excluding tert-OH is 14. The van der Waals surface area contributed by atoms with Crippen LogP contribution in [-0.4, -0.2) is 231 Å². The van der Waals surface area contributed by atoms with Gasteiger partial charge in [-0.3, -0.25) is 9.98 Å². The van der Waals surface area contributed by atoms with Crippen molar-refractivity contribution in [3.8, 4) is 11.5 Å². The quantitative estimate of drug-likeness (QED) is 0.0419. The number of para-hydroxylation sites is 2. The standard InChI is InChI=1S/C46H60N2O22S2.Zn/c49-13-27-31(55)33(57)37(61)43(65-27)69-41-29(15-51)67-45(39(63)35(41)59)71-17-19-5-7-25(53)21(9-19)11-47-23-3-1-2-4-24(23)48-12-22-10-20(6-8-26(22)54)18-72-46-40(64)36(60)42(30(16-52)68-46)70-44-38(62)34(58)32(56)28(14-50)66-44;/h1-12,27-46,49-64H,13-18H2;/q;+2/p-2/t27-,28-,29-,30-,31+,32+,33+,34+,35-,36-,37-,38-,39-,40-,41-,42-,43+,44+,45+,46+;/m1./s1. The molecule has 3 aromatic rings. The van der Waals surface area contributed by atoms with Gasteiger partial charge in [0.1, 0.15) is 109 Å². The number of hydrogen-bond acceptors (Lipinski definition) is 26. The van der Waals surface area contributed by atoms with Gasteiger partial charge in [-0.15, -0.1) is 35.0 Å². The summed E-state index contributed by atoms with van der Waals surface area (Å²) in [6.45, 7) is -2.86. The first-order valence-corrected chi connectivity index (χ1v) is 24.7. The molecule has 0 radical (unpaired) electrons. The van der Waals surface area contributed by atoms with E-state index >= 15 is 0 Å². The Balaban J connectivity index is 0.00000869. The van der Waals surface area contributed by atoms with Crippen molar-refractivity contribution in [3.05, 3.63) is 82.9 Å². The van der Waals surface area contributed by atoms with Crippen LogP contribution in [0.1, 0.15) is 22.3 Å². The van der Waals surface area contributed by atoms with Crippen LogP contribution in [0.3, 0.4) is 0 Å². The maximum atomic E-state index is 12.9. The topological polar surface area (TPSA) is 409 Å². The van der Waals surface area contributed by atoms with Crippen LogP contribution in [0.15, 0.2) is 70.6 Å². The van der Waals surface area contributed by atoms with Gasteiger partial charge < -0.3 is 110 Å². The summed E-state index contributed by atoms with van der Waals surface area (Å²) in [6, 6.07) is 15.6. The molecule has 4 heterocycles. The first kappa shape index (κ1) is 59.4. The van der Waals surface area contributed by atoms with E-state index in [2.05, 4.69) is 9.98 Å². The largest absolute Gasteiger partial charge is 2.00 e. The molecule has 4 fully saturated rings. The van der Waals surface area contributed by atoms with Crippen molar-refractivity contribution < 1.29 is 130 Å². The Morgan fingerprint density at radius 3 is 1.19 bits per heavy atom. The van der Waals surface area contributed by atoms with E-state index in [0.29, 0.717) is 22.5 Å². The first-order valence-electron chi connectivity index (χ1n) is 22.7. The Morgan fingerprint density at radius 1 is 0.466 bits per heavy atom. The second kappa shape index (κ2) is 26.9. The van der Waals surface area contributed by atoms with Crippen molar-refractivity contribution in [2.75, 3.05) is 26.4 Å². The average molecular weight is 1120 g/mol. The van der Waals surface area contributed by atoms with Gasteiger partial charge in [-0.1, -0.05) is 36.4 Å². The Hall–Kier alpha value is -2.88. The molecule has 14 N–H and O–H groups in total. The molecular weight excluding hydrogens is 1060 g/mol. The van der Waals surface area contributed by atoms with Crippen LogP contribution >= 0.6 is 23.5 Å². The molecule has 73 heavy (non-hydrogen) atoms. The van der Waals surface area contributed by atoms with E-state index in [0.717, 1.165) is 23.5 Å². The van der Waals surface area contributed by atoms with Crippen molar-refractivity contribution >= 4 is 47.3 Å². The first-order chi connectivity index (χ1) is 34.5. The van der Waals surface area contributed by atoms with E-state index < -0.39 is 148 Å². The van der Waals surface area contributed by atoms with E-state index in [4.69, 9.17) is 28.4 Å². The second-order valence-corrected chi connectivity index (χ2v) is 19.6. The fourth-order valence-corrected chi connectivity index (χ4v) is 10.5. The molecule has 20 atom stereocenters. The Labute approximate surface area is 438 Å². The van der Waals surface area contributed by atoms with Crippen molar-refractivity contribution in [2.24, 2.45) is 9.98 Å². The number of ether oxygens (including phenoxy) is 6. The molecular formula is C46H58N2O22S2Zn. The Morgan fingerprint density at radius 2 is 0.836 bits per heavy atom. The summed E-state index contributed by atoms with van der Waals surface area (Å²) in [5, 5.41) is 170. The fourth-order valence-electron chi connectivity index (χ4n) is 8.28. The van der Waals surface area contributed by atoms with E-state index in [1.165, 1.54) is 24.6 Å². The van der Waals surface area contributed by atoms with Crippen molar-refractivity contribution in [1.82, 2.24) is 0 Å². The van der Waals surface area contributed by atoms with Gasteiger partial charge in [-0.25, -0.2) is 0 Å². The Bertz CT molecular complexity index is 2130. The van der Waals surface area contributed by atoms with Gasteiger partial charge >= 0.3 is 19.5 Å². The third kappa shape index (κ3) is 13.8. The summed E-state index contributed by atoms with van der Waals surface area (Å²) >= 11 is 2.08. The summed E-state index contributed by atoms with van der Waals surface area (Å²) in [6.07, 6.45) is -25.8. The van der Waals surface area contributed by atoms with Crippen LogP contribution in [0.4, 0.5) is 11.4 Å². The number of rotatable bonds is 18. The molecule has 0 aromatic heterocycles. The van der Waals surface area contributed by atoms with Crippen LogP contribution in [0.25, 0.3) is 0 Å². The molecule has 4 aliphatic heterocycles. The molecule has 7 rings (SSSR count). The molecule has 0 aliphatic carbocycles. The van der Waals surface area contributed by atoms with Crippen LogP contribution in [0.5, 0.6) is 11.5 Å². The molecule has 398 valence electrons. The third-order valence-electron chi connectivity index (χ3n) is 12.5. The van der Waals surface area contributed by atoms with E-state index in [1.807, 2.05) is 0 Å². The molecule has 0 amide bonds.